The maximum atomic E-state index is 13.6. The van der Waals surface area contributed by atoms with Gasteiger partial charge in [0.15, 0.2) is 0 Å². The molecule has 688 valence electrons. The van der Waals surface area contributed by atoms with Gasteiger partial charge in [-0.3, -0.25) is 49.9 Å². The number of nitrogens with zero attached hydrogens (tertiary/aromatic N) is 16. The third kappa shape index (κ3) is 28.0. The minimum Gasteiger partial charge on any atom is -0.427 e. The molecule has 5 aliphatic carbocycles. The quantitative estimate of drug-likeness (QED) is 0.0165. The second kappa shape index (κ2) is 44.7. The number of nitrogen functional groups attached to an aromatic ring is 1. The minimum absolute atomic E-state index is 0.0752. The zero-order chi connectivity index (χ0) is 90.4. The van der Waals surface area contributed by atoms with Gasteiger partial charge in [0.2, 0.25) is 10.7 Å². The van der Waals surface area contributed by atoms with Crippen molar-refractivity contribution in [3.8, 4) is 11.4 Å². The molecule has 31 nitrogen and oxygen atoms in total. The molecule has 0 radical (unpaired) electrons. The number of nitrogens with two attached hydrogens (primary N) is 1. The molecule has 7 aromatic carbocycles. The summed E-state index contributed by atoms with van der Waals surface area (Å²) in [5.74, 6) is 0.466. The molecule has 0 bridgehead atoms. The van der Waals surface area contributed by atoms with Crippen LogP contribution in [0.1, 0.15) is 110 Å². The number of ether oxygens (including phenoxy) is 4. The lowest BCUT2D eigenvalue weighted by Crippen LogP contribution is -2.56. The van der Waals surface area contributed by atoms with Gasteiger partial charge in [0.05, 0.1) is 103 Å². The fourth-order valence-corrected chi connectivity index (χ4v) is 18.1. The van der Waals surface area contributed by atoms with Gasteiger partial charge in [0.25, 0.3) is 17.1 Å². The molecule has 0 spiro atoms. The van der Waals surface area contributed by atoms with E-state index in [0.29, 0.717) is 61.2 Å². The molecular weight excluding hydrogens is 1930 g/mol. The average Bonchev–Trinajstić information content (AvgIpc) is 1.70. The highest BCUT2D eigenvalue weighted by molar-refractivity contribution is 9.11. The molecule has 0 atom stereocenters. The summed E-state index contributed by atoms with van der Waals surface area (Å²) < 4.78 is 79.0. The Bertz CT molecular complexity index is 5230. The molecule has 13 fully saturated rings. The molecule has 2 aromatic heterocycles. The normalized spacial score (nSPS) is 19.7. The van der Waals surface area contributed by atoms with Crippen molar-refractivity contribution < 1.29 is 61.3 Å². The van der Waals surface area contributed by atoms with Crippen molar-refractivity contribution in [3.05, 3.63) is 234 Å². The summed E-state index contributed by atoms with van der Waals surface area (Å²) in [5, 5.41) is 63.3. The van der Waals surface area contributed by atoms with Crippen LogP contribution < -0.4 is 31.1 Å². The lowest BCUT2D eigenvalue weighted by molar-refractivity contribution is -0.385. The molecule has 0 amide bonds. The molecule has 40 heteroatoms. The molecule has 8 saturated heterocycles. The van der Waals surface area contributed by atoms with Gasteiger partial charge >= 0.3 is 7.12 Å². The molecule has 6 N–H and O–H groups in total. The number of benzene rings is 7. The van der Waals surface area contributed by atoms with Crippen LogP contribution in [0, 0.1) is 53.6 Å². The third-order valence-corrected chi connectivity index (χ3v) is 26.4. The molecule has 5 saturated carbocycles. The number of non-ortho nitro benzene ring substituents is 3. The standard InChI is InChI=1S/C24H26F2N6O.C16H21N3O3.C16H23N3O.C9H8BrNO2.C8H4BrF2N3.C7H14N2O.C6H3Br2NO2.C3H7BO2/c25-18-9-19(26)11-22(10-18)32-15-27-24(29-32)28-20-7-17(16-1-2-16)8-21(12-20)30-3-5-31(6-4-30)23-13-33-14-23;20-19(21)15-8-13(12-1-2-12)7-14(9-15)17-3-5-18(6-4-17)16-10-22-11-16;17-14-7-13(12-1-2-12)8-15(9-14)18-3-5-19(6-4-18)16-10-20-11-16;10-8-3-7(6-1-2-6)4-9(5-8)11(12)13;9-8-12-4-14(13-8)7-2-5(10)1-6(11)3-7;1-3-9(4-2-8-1)7-5-10-6-7;7-4-1-5(8)3-6(2-4)9(10)11;5-4(6)3-1-2-3/h7-12,15-16,23H,1-6,13-14H2,(H,28,29);7-9,12,16H,1-6,10-11H2;7-9,12,16H,1-6,10-11,17H2;3-6H,1-2H2;1-4H;7-8H,1-6H2;1-3H;3,5-6H,1-2H2. The van der Waals surface area contributed by atoms with E-state index in [4.69, 9.17) is 34.7 Å². The Morgan fingerprint density at radius 3 is 1.11 bits per heavy atom. The van der Waals surface area contributed by atoms with Gasteiger partial charge < -0.3 is 60.1 Å². The first-order chi connectivity index (χ1) is 62.3. The van der Waals surface area contributed by atoms with Crippen LogP contribution in [0.25, 0.3) is 11.4 Å². The molecule has 8 aliphatic heterocycles. The van der Waals surface area contributed by atoms with E-state index < -0.39 is 35.3 Å². The number of rotatable bonds is 19. The SMILES string of the molecule is C1CN(C2COC2)CCN1.Fc1cc(F)cc(-n2cnc(Br)n2)c1.Fc1cc(F)cc(-n2cnc(Nc3cc(C4CC4)cc(N4CCN(C5COC5)CC4)c3)n2)c1.Nc1cc(C2CC2)cc(N2CCN(C3COC3)CC2)c1.O=[N+]([O-])c1cc(Br)cc(Br)c1.O=[N+]([O-])c1cc(Br)cc(C2CC2)c1.O=[N+]([O-])c1cc(C2CC2)cc(N2CCN(C3COC3)CC2)c1.OB(O)C1CC1. The van der Waals surface area contributed by atoms with Crippen molar-refractivity contribution in [2.24, 2.45) is 0 Å². The summed E-state index contributed by atoms with van der Waals surface area (Å²) in [6, 6.07) is 37.7. The maximum Gasteiger partial charge on any atom is 0.454 e. The molecular formula is C89H106BBr4F4N19O12. The first-order valence-corrected chi connectivity index (χ1v) is 47.1. The third-order valence-electron chi connectivity index (χ3n) is 24.6. The Morgan fingerprint density at radius 1 is 0.395 bits per heavy atom. The summed E-state index contributed by atoms with van der Waals surface area (Å²) in [6.07, 6.45) is 14.6. The van der Waals surface area contributed by atoms with Gasteiger partial charge in [-0.1, -0.05) is 60.6 Å². The number of halogens is 8. The highest BCUT2D eigenvalue weighted by atomic mass is 79.9. The van der Waals surface area contributed by atoms with Crippen LogP contribution >= 0.6 is 63.7 Å². The van der Waals surface area contributed by atoms with Crippen LogP contribution in [0.5, 0.6) is 0 Å². The Balaban J connectivity index is 0.000000119. The van der Waals surface area contributed by atoms with Crippen molar-refractivity contribution in [1.82, 2.24) is 54.4 Å². The van der Waals surface area contributed by atoms with Gasteiger partial charge in [0.1, 0.15) is 35.9 Å². The summed E-state index contributed by atoms with van der Waals surface area (Å²) in [6.45, 7) is 24.3. The van der Waals surface area contributed by atoms with Crippen molar-refractivity contribution in [2.75, 3.05) is 183 Å². The first-order valence-electron chi connectivity index (χ1n) is 44.0. The van der Waals surface area contributed by atoms with Gasteiger partial charge in [-0.25, -0.2) is 31.9 Å². The summed E-state index contributed by atoms with van der Waals surface area (Å²) in [5.41, 5.74) is 17.5. The number of nitro benzene ring substituents is 3. The molecule has 22 rings (SSSR count). The zero-order valence-corrected chi connectivity index (χ0v) is 77.7. The van der Waals surface area contributed by atoms with E-state index >= 15 is 0 Å². The lowest BCUT2D eigenvalue weighted by atomic mass is 9.84. The van der Waals surface area contributed by atoms with Gasteiger partial charge in [-0.15, -0.1) is 10.2 Å². The number of anilines is 6. The second-order valence-corrected chi connectivity index (χ2v) is 37.9. The Kier molecular flexibility index (Phi) is 32.9. The predicted octanol–water partition coefficient (Wildman–Crippen LogP) is 14.9. The first kappa shape index (κ1) is 94.9. The number of nitrogens with one attached hydrogen (secondary N) is 2. The van der Waals surface area contributed by atoms with Gasteiger partial charge in [0, 0.05) is 195 Å². The largest absolute Gasteiger partial charge is 0.454 e. The predicted molar refractivity (Wildman–Crippen MR) is 499 cm³/mol. The fourth-order valence-electron chi connectivity index (χ4n) is 16.1. The summed E-state index contributed by atoms with van der Waals surface area (Å²) in [7, 11) is -1.04. The van der Waals surface area contributed by atoms with E-state index in [-0.39, 0.29) is 38.4 Å². The molecule has 0 unspecified atom stereocenters. The number of nitro groups is 3. The number of piperazine rings is 4. The van der Waals surface area contributed by atoms with Crippen molar-refractivity contribution in [2.45, 2.75) is 118 Å². The highest BCUT2D eigenvalue weighted by Gasteiger charge is 2.37. The van der Waals surface area contributed by atoms with E-state index in [1.165, 1.54) is 126 Å². The van der Waals surface area contributed by atoms with Crippen LogP contribution in [-0.4, -0.2) is 263 Å². The number of hydrogen-bond donors (Lipinski definition) is 5. The second-order valence-electron chi connectivity index (χ2n) is 34.4. The fraction of sp³-hybridized carbons (Fsp3) is 0.483. The monoisotopic (exact) mass is 2040 g/mol. The highest BCUT2D eigenvalue weighted by Crippen LogP contribution is 2.47. The topological polar surface area (TPSA) is 341 Å². The van der Waals surface area contributed by atoms with Crippen LogP contribution in [0.3, 0.4) is 0 Å². The van der Waals surface area contributed by atoms with Crippen molar-refractivity contribution in [1.29, 1.82) is 0 Å². The summed E-state index contributed by atoms with van der Waals surface area (Å²) >= 11 is 12.6. The van der Waals surface area contributed by atoms with E-state index in [9.17, 15) is 47.9 Å². The van der Waals surface area contributed by atoms with Crippen LogP contribution in [0.2, 0.25) is 5.82 Å². The van der Waals surface area contributed by atoms with Crippen LogP contribution in [0.4, 0.5) is 69.0 Å². The zero-order valence-electron chi connectivity index (χ0n) is 71.3. The lowest BCUT2D eigenvalue weighted by Gasteiger charge is -2.43. The van der Waals surface area contributed by atoms with Crippen LogP contribution in [0.15, 0.2) is 158 Å². The average molecular weight is 2040 g/mol. The maximum absolute atomic E-state index is 13.6. The smallest absolute Gasteiger partial charge is 0.427 e. The number of hydrogen-bond acceptors (Lipinski definition) is 26. The Hall–Kier alpha value is -8.72. The molecule has 9 aromatic rings. The van der Waals surface area contributed by atoms with E-state index in [1.807, 2.05) is 6.07 Å². The number of aromatic nitrogens is 6. The van der Waals surface area contributed by atoms with E-state index in [0.717, 1.165) is 240 Å². The molecule has 129 heavy (non-hydrogen) atoms. The molecule has 10 heterocycles. The van der Waals surface area contributed by atoms with Crippen LogP contribution in [-0.2, 0) is 18.9 Å². The van der Waals surface area contributed by atoms with Crippen molar-refractivity contribution >= 4 is 122 Å². The summed E-state index contributed by atoms with van der Waals surface area (Å²) in [4.78, 5) is 56.3. The Morgan fingerprint density at radius 2 is 0.744 bits per heavy atom. The van der Waals surface area contributed by atoms with E-state index in [1.54, 1.807) is 24.3 Å². The van der Waals surface area contributed by atoms with Gasteiger partial charge in [-0.2, -0.15) is 4.98 Å². The van der Waals surface area contributed by atoms with E-state index in [2.05, 4.69) is 171 Å². The molecule has 13 aliphatic rings. The minimum atomic E-state index is -1.04. The van der Waals surface area contributed by atoms with Crippen molar-refractivity contribution in [3.63, 3.8) is 0 Å². The van der Waals surface area contributed by atoms with Gasteiger partial charge in [-0.05, 0) is 198 Å². The Labute approximate surface area is 779 Å².